The zero-order valence-corrected chi connectivity index (χ0v) is 13.7. The van der Waals surface area contributed by atoms with Crippen molar-refractivity contribution in [1.82, 2.24) is 9.78 Å². The van der Waals surface area contributed by atoms with Crippen molar-refractivity contribution in [2.24, 2.45) is 12.8 Å². The average molecular weight is 361 g/mol. The van der Waals surface area contributed by atoms with Gasteiger partial charge < -0.3 is 5.73 Å². The predicted octanol–water partition coefficient (Wildman–Crippen LogP) is 3.78. The molecule has 1 atom stereocenters. The maximum absolute atomic E-state index is 13.5. The van der Waals surface area contributed by atoms with Crippen LogP contribution >= 0.6 is 27.5 Å². The Kier molecular flexibility index (Phi) is 4.83. The molecule has 2 aromatic rings. The summed E-state index contributed by atoms with van der Waals surface area (Å²) in [5, 5.41) is 5.01. The van der Waals surface area contributed by atoms with Crippen molar-refractivity contribution in [3.8, 4) is 0 Å². The lowest BCUT2D eigenvalue weighted by molar-refractivity contribution is 0.605. The standard InChI is InChI=1S/C14H16BrClFN3/c1-3-12-14(16)13(20(2)19-12)7-11(18)8-4-5-9(15)10(17)6-8/h4-6,11H,3,7,18H2,1-2H3. The molecule has 0 aliphatic heterocycles. The van der Waals surface area contributed by atoms with Crippen LogP contribution in [0.5, 0.6) is 0 Å². The lowest BCUT2D eigenvalue weighted by Gasteiger charge is -2.13. The van der Waals surface area contributed by atoms with Crippen LogP contribution in [0.15, 0.2) is 22.7 Å². The molecular formula is C14H16BrClFN3. The second-order valence-corrected chi connectivity index (χ2v) is 5.90. The van der Waals surface area contributed by atoms with Gasteiger partial charge in [0, 0.05) is 19.5 Å². The Morgan fingerprint density at radius 1 is 1.50 bits per heavy atom. The minimum absolute atomic E-state index is 0.316. The summed E-state index contributed by atoms with van der Waals surface area (Å²) in [6.45, 7) is 2.00. The molecule has 2 N–H and O–H groups in total. The molecule has 1 aromatic carbocycles. The zero-order chi connectivity index (χ0) is 14.9. The first kappa shape index (κ1) is 15.5. The molecule has 3 nitrogen and oxygen atoms in total. The minimum Gasteiger partial charge on any atom is -0.324 e. The van der Waals surface area contributed by atoms with E-state index < -0.39 is 0 Å². The van der Waals surface area contributed by atoms with E-state index in [0.717, 1.165) is 23.4 Å². The fraction of sp³-hybridized carbons (Fsp3) is 0.357. The first-order chi connectivity index (χ1) is 9.43. The number of aromatic nitrogens is 2. The fourth-order valence-corrected chi connectivity index (χ4v) is 2.73. The SMILES string of the molecule is CCc1nn(C)c(CC(N)c2ccc(Br)c(F)c2)c1Cl. The van der Waals surface area contributed by atoms with E-state index in [1.807, 2.05) is 20.0 Å². The summed E-state index contributed by atoms with van der Waals surface area (Å²) in [4.78, 5) is 0. The molecule has 0 fully saturated rings. The number of benzene rings is 1. The first-order valence-electron chi connectivity index (χ1n) is 6.34. The summed E-state index contributed by atoms with van der Waals surface area (Å²) >= 11 is 9.43. The van der Waals surface area contributed by atoms with E-state index in [1.54, 1.807) is 10.7 Å². The molecular weight excluding hydrogens is 345 g/mol. The number of nitrogens with zero attached hydrogens (tertiary/aromatic N) is 2. The monoisotopic (exact) mass is 359 g/mol. The van der Waals surface area contributed by atoms with Gasteiger partial charge in [0.2, 0.25) is 0 Å². The van der Waals surface area contributed by atoms with Gasteiger partial charge in [0.05, 0.1) is 20.9 Å². The van der Waals surface area contributed by atoms with Crippen LogP contribution < -0.4 is 5.73 Å². The van der Waals surface area contributed by atoms with E-state index in [4.69, 9.17) is 17.3 Å². The molecule has 0 radical (unpaired) electrons. The molecule has 0 saturated carbocycles. The second-order valence-electron chi connectivity index (χ2n) is 4.67. The van der Waals surface area contributed by atoms with Crippen LogP contribution in [0.4, 0.5) is 4.39 Å². The summed E-state index contributed by atoms with van der Waals surface area (Å²) in [6.07, 6.45) is 1.29. The summed E-state index contributed by atoms with van der Waals surface area (Å²) in [6, 6.07) is 4.59. The highest BCUT2D eigenvalue weighted by Crippen LogP contribution is 2.26. The maximum Gasteiger partial charge on any atom is 0.137 e. The van der Waals surface area contributed by atoms with Gasteiger partial charge in [-0.2, -0.15) is 5.10 Å². The van der Waals surface area contributed by atoms with Gasteiger partial charge in [-0.05, 0) is 40.0 Å². The smallest absolute Gasteiger partial charge is 0.137 e. The molecule has 0 amide bonds. The summed E-state index contributed by atoms with van der Waals surface area (Å²) in [5.41, 5.74) is 8.62. The third-order valence-electron chi connectivity index (χ3n) is 3.29. The number of nitrogens with two attached hydrogens (primary N) is 1. The Hall–Kier alpha value is -0.910. The summed E-state index contributed by atoms with van der Waals surface area (Å²) < 4.78 is 15.7. The highest BCUT2D eigenvalue weighted by Gasteiger charge is 2.17. The van der Waals surface area contributed by atoms with E-state index in [0.29, 0.717) is 15.9 Å². The Bertz CT molecular complexity index is 627. The van der Waals surface area contributed by atoms with Crippen LogP contribution in [0.25, 0.3) is 0 Å². The molecule has 0 aliphatic carbocycles. The number of halogens is 3. The van der Waals surface area contributed by atoms with Crippen molar-refractivity contribution < 1.29 is 4.39 Å². The molecule has 0 saturated heterocycles. The highest BCUT2D eigenvalue weighted by atomic mass is 79.9. The van der Waals surface area contributed by atoms with Crippen LogP contribution in [0.3, 0.4) is 0 Å². The Balaban J connectivity index is 2.25. The number of aryl methyl sites for hydroxylation is 2. The van der Waals surface area contributed by atoms with Gasteiger partial charge in [-0.1, -0.05) is 24.6 Å². The molecule has 2 rings (SSSR count). The fourth-order valence-electron chi connectivity index (χ4n) is 2.11. The van der Waals surface area contributed by atoms with Crippen molar-refractivity contribution in [2.45, 2.75) is 25.8 Å². The van der Waals surface area contributed by atoms with Crippen LogP contribution in [-0.2, 0) is 19.9 Å². The third-order valence-corrected chi connectivity index (χ3v) is 4.37. The topological polar surface area (TPSA) is 43.8 Å². The quantitative estimate of drug-likeness (QED) is 0.902. The first-order valence-corrected chi connectivity index (χ1v) is 7.51. The van der Waals surface area contributed by atoms with Crippen LogP contribution in [0.1, 0.15) is 29.9 Å². The lowest BCUT2D eigenvalue weighted by atomic mass is 10.0. The molecule has 20 heavy (non-hydrogen) atoms. The van der Waals surface area contributed by atoms with Crippen LogP contribution in [-0.4, -0.2) is 9.78 Å². The molecule has 108 valence electrons. The second kappa shape index (κ2) is 6.24. The molecule has 0 aliphatic rings. The molecule has 0 bridgehead atoms. The molecule has 1 heterocycles. The van der Waals surface area contributed by atoms with E-state index in [1.165, 1.54) is 6.07 Å². The summed E-state index contributed by atoms with van der Waals surface area (Å²) in [7, 11) is 1.84. The van der Waals surface area contributed by atoms with E-state index in [9.17, 15) is 4.39 Å². The number of rotatable bonds is 4. The van der Waals surface area contributed by atoms with E-state index >= 15 is 0 Å². The molecule has 0 spiro atoms. The minimum atomic E-state index is -0.324. The zero-order valence-electron chi connectivity index (χ0n) is 11.3. The highest BCUT2D eigenvalue weighted by molar-refractivity contribution is 9.10. The maximum atomic E-state index is 13.5. The van der Waals surface area contributed by atoms with Crippen molar-refractivity contribution >= 4 is 27.5 Å². The third kappa shape index (κ3) is 3.05. The van der Waals surface area contributed by atoms with E-state index in [2.05, 4.69) is 21.0 Å². The Labute approximate surface area is 131 Å². The van der Waals surface area contributed by atoms with Gasteiger partial charge in [0.1, 0.15) is 5.82 Å². The van der Waals surface area contributed by atoms with Crippen molar-refractivity contribution in [3.63, 3.8) is 0 Å². The molecule has 1 unspecified atom stereocenters. The van der Waals surface area contributed by atoms with Crippen LogP contribution in [0.2, 0.25) is 5.02 Å². The van der Waals surface area contributed by atoms with Crippen molar-refractivity contribution in [1.29, 1.82) is 0 Å². The van der Waals surface area contributed by atoms with Gasteiger partial charge in [0.15, 0.2) is 0 Å². The number of hydrogen-bond donors (Lipinski definition) is 1. The average Bonchev–Trinajstić information content (AvgIpc) is 2.69. The van der Waals surface area contributed by atoms with Gasteiger partial charge >= 0.3 is 0 Å². The predicted molar refractivity (Wildman–Crippen MR) is 82.3 cm³/mol. The van der Waals surface area contributed by atoms with Gasteiger partial charge in [-0.25, -0.2) is 4.39 Å². The normalized spacial score (nSPS) is 12.7. The van der Waals surface area contributed by atoms with Gasteiger partial charge in [-0.15, -0.1) is 0 Å². The van der Waals surface area contributed by atoms with Gasteiger partial charge in [-0.3, -0.25) is 4.68 Å². The Morgan fingerprint density at radius 2 is 2.20 bits per heavy atom. The van der Waals surface area contributed by atoms with Crippen molar-refractivity contribution in [3.05, 3.63) is 50.5 Å². The Morgan fingerprint density at radius 3 is 2.75 bits per heavy atom. The number of hydrogen-bond acceptors (Lipinski definition) is 2. The van der Waals surface area contributed by atoms with E-state index in [-0.39, 0.29) is 11.9 Å². The summed E-state index contributed by atoms with van der Waals surface area (Å²) in [5.74, 6) is -0.316. The van der Waals surface area contributed by atoms with Crippen LogP contribution in [0, 0.1) is 5.82 Å². The largest absolute Gasteiger partial charge is 0.324 e. The van der Waals surface area contributed by atoms with Crippen molar-refractivity contribution in [2.75, 3.05) is 0 Å². The molecule has 1 aromatic heterocycles. The lowest BCUT2D eigenvalue weighted by Crippen LogP contribution is -2.16. The molecule has 6 heteroatoms. The van der Waals surface area contributed by atoms with Gasteiger partial charge in [0.25, 0.3) is 0 Å².